The highest BCUT2D eigenvalue weighted by Gasteiger charge is 2.23. The molecule has 0 amide bonds. The Balaban J connectivity index is 1.10. The summed E-state index contributed by atoms with van der Waals surface area (Å²) in [5.74, 6) is 2.49. The highest BCUT2D eigenvalue weighted by Crippen LogP contribution is 2.38. The minimum Gasteiger partial charge on any atom is -0.459 e. The van der Waals surface area contributed by atoms with Crippen LogP contribution in [0.1, 0.15) is 34.2 Å². The molecule has 2 aliphatic heterocycles. The molecule has 1 aromatic heterocycles. The summed E-state index contributed by atoms with van der Waals surface area (Å²) in [6.07, 6.45) is 3.81. The van der Waals surface area contributed by atoms with E-state index in [4.69, 9.17) is 14.4 Å². The van der Waals surface area contributed by atoms with Crippen molar-refractivity contribution in [2.45, 2.75) is 12.7 Å². The summed E-state index contributed by atoms with van der Waals surface area (Å²) in [6, 6.07) is 49.4. The molecule has 1 atom stereocenters. The lowest BCUT2D eigenvalue weighted by Gasteiger charge is -2.25. The SMILES string of the molecule is C1=Cc2c(oc3cccc(-c4ccc5c(C6=NC(c7ccc8ccccc8c7)=NC(c7ccc8ccccc8c7)N6)cccc5c4)c23)CN1. The second-order valence-corrected chi connectivity index (χ2v) is 12.7. The number of nitrogens with zero attached hydrogens (tertiary/aromatic N) is 2. The van der Waals surface area contributed by atoms with Gasteiger partial charge in [0.1, 0.15) is 23.3 Å². The van der Waals surface area contributed by atoms with Crippen LogP contribution < -0.4 is 10.6 Å². The molecule has 0 aliphatic carbocycles. The summed E-state index contributed by atoms with van der Waals surface area (Å²) in [5, 5.41) is 15.2. The Morgan fingerprint density at radius 2 is 1.33 bits per heavy atom. The van der Waals surface area contributed by atoms with Crippen LogP contribution in [0.5, 0.6) is 0 Å². The van der Waals surface area contributed by atoms with Crippen LogP contribution in [-0.4, -0.2) is 11.7 Å². The van der Waals surface area contributed by atoms with E-state index in [-0.39, 0.29) is 6.17 Å². The molecule has 10 rings (SSSR count). The van der Waals surface area contributed by atoms with Gasteiger partial charge in [-0.2, -0.15) is 0 Å². The normalized spacial score (nSPS) is 15.6. The number of benzene rings is 7. The van der Waals surface area contributed by atoms with Crippen LogP contribution in [0.15, 0.2) is 160 Å². The molecule has 8 aromatic rings. The molecule has 3 heterocycles. The summed E-state index contributed by atoms with van der Waals surface area (Å²) in [6.45, 7) is 0.695. The zero-order valence-corrected chi connectivity index (χ0v) is 26.5. The minimum absolute atomic E-state index is 0.305. The Morgan fingerprint density at radius 1 is 0.612 bits per heavy atom. The van der Waals surface area contributed by atoms with Gasteiger partial charge in [0.15, 0.2) is 5.84 Å². The van der Waals surface area contributed by atoms with Crippen LogP contribution in [0.4, 0.5) is 0 Å². The average molecular weight is 631 g/mol. The van der Waals surface area contributed by atoms with Crippen LogP contribution >= 0.6 is 0 Å². The first kappa shape index (κ1) is 27.6. The minimum atomic E-state index is -0.305. The van der Waals surface area contributed by atoms with E-state index in [2.05, 4.69) is 156 Å². The monoisotopic (exact) mass is 630 g/mol. The number of hydrogen-bond acceptors (Lipinski definition) is 5. The molecule has 7 aromatic carbocycles. The quantitative estimate of drug-likeness (QED) is 0.203. The molecule has 0 bridgehead atoms. The van der Waals surface area contributed by atoms with E-state index in [1.54, 1.807) is 0 Å². The maximum atomic E-state index is 6.23. The van der Waals surface area contributed by atoms with E-state index in [1.807, 2.05) is 6.20 Å². The highest BCUT2D eigenvalue weighted by atomic mass is 16.3. The lowest BCUT2D eigenvalue weighted by Crippen LogP contribution is -2.33. The van der Waals surface area contributed by atoms with Gasteiger partial charge >= 0.3 is 0 Å². The van der Waals surface area contributed by atoms with Crippen LogP contribution in [0.25, 0.3) is 60.5 Å². The van der Waals surface area contributed by atoms with E-state index in [1.165, 1.54) is 21.5 Å². The molecule has 0 radical (unpaired) electrons. The maximum absolute atomic E-state index is 6.23. The van der Waals surface area contributed by atoms with Crippen LogP contribution in [0.2, 0.25) is 0 Å². The first-order valence-corrected chi connectivity index (χ1v) is 16.6. The summed E-state index contributed by atoms with van der Waals surface area (Å²) in [5.41, 5.74) is 7.49. The number of furan rings is 1. The fourth-order valence-electron chi connectivity index (χ4n) is 7.31. The number of aliphatic imine (C=N–C) groups is 2. The lowest BCUT2D eigenvalue weighted by atomic mass is 9.94. The largest absolute Gasteiger partial charge is 0.459 e. The van der Waals surface area contributed by atoms with Crippen molar-refractivity contribution in [3.05, 3.63) is 174 Å². The Kier molecular flexibility index (Phi) is 6.24. The van der Waals surface area contributed by atoms with Gasteiger partial charge in [0, 0.05) is 22.1 Å². The smallest absolute Gasteiger partial charge is 0.159 e. The number of rotatable bonds is 4. The van der Waals surface area contributed by atoms with E-state index in [0.717, 1.165) is 66.7 Å². The summed E-state index contributed by atoms with van der Waals surface area (Å²) in [4.78, 5) is 10.4. The Labute approximate surface area is 283 Å². The van der Waals surface area contributed by atoms with Crippen LogP contribution in [-0.2, 0) is 6.54 Å². The van der Waals surface area contributed by atoms with E-state index >= 15 is 0 Å². The molecule has 0 saturated carbocycles. The van der Waals surface area contributed by atoms with Gasteiger partial charge in [-0.25, -0.2) is 9.98 Å². The van der Waals surface area contributed by atoms with Crippen LogP contribution in [0, 0.1) is 0 Å². The van der Waals surface area contributed by atoms with Crippen molar-refractivity contribution in [2.24, 2.45) is 9.98 Å². The Hall–Kier alpha value is -6.46. The summed E-state index contributed by atoms with van der Waals surface area (Å²) in [7, 11) is 0. The molecule has 5 nitrogen and oxygen atoms in total. The van der Waals surface area contributed by atoms with Crippen molar-refractivity contribution >= 4 is 61.0 Å². The fourth-order valence-corrected chi connectivity index (χ4v) is 7.31. The molecule has 5 heteroatoms. The van der Waals surface area contributed by atoms with Gasteiger partial charge in [-0.05, 0) is 85.5 Å². The molecule has 1 unspecified atom stereocenters. The van der Waals surface area contributed by atoms with Crippen molar-refractivity contribution in [1.82, 2.24) is 10.6 Å². The average Bonchev–Trinajstić information content (AvgIpc) is 3.56. The van der Waals surface area contributed by atoms with Gasteiger partial charge in [0.2, 0.25) is 0 Å². The van der Waals surface area contributed by atoms with Gasteiger partial charge in [0.05, 0.1) is 6.54 Å². The molecule has 0 spiro atoms. The summed E-state index contributed by atoms with van der Waals surface area (Å²) < 4.78 is 6.23. The molecule has 2 aliphatic rings. The van der Waals surface area contributed by atoms with Gasteiger partial charge in [-0.15, -0.1) is 0 Å². The predicted molar refractivity (Wildman–Crippen MR) is 202 cm³/mol. The van der Waals surface area contributed by atoms with Gasteiger partial charge in [0.25, 0.3) is 0 Å². The standard InChI is InChI=1S/C44H30N4O/c1-3-9-29-23-33(17-15-27(29)7-1)42-46-43(34-18-16-28-8-2-4-10-30(28)24-34)48-44(47-42)37-13-5-11-31-25-32(19-20-35(31)37)36-12-6-14-39-41(36)38-21-22-45-26-40(38)49-39/h1-25,42,45H,26H2,(H,46,47,48). The van der Waals surface area contributed by atoms with Crippen molar-refractivity contribution in [3.8, 4) is 11.1 Å². The predicted octanol–water partition coefficient (Wildman–Crippen LogP) is 10.1. The molecule has 232 valence electrons. The summed E-state index contributed by atoms with van der Waals surface area (Å²) >= 11 is 0. The Morgan fingerprint density at radius 3 is 2.20 bits per heavy atom. The molecular formula is C44H30N4O. The van der Waals surface area contributed by atoms with Crippen molar-refractivity contribution in [2.75, 3.05) is 0 Å². The maximum Gasteiger partial charge on any atom is 0.159 e. The third-order valence-electron chi connectivity index (χ3n) is 9.75. The zero-order valence-electron chi connectivity index (χ0n) is 26.5. The van der Waals surface area contributed by atoms with Gasteiger partial charge in [-0.3, -0.25) is 0 Å². The van der Waals surface area contributed by atoms with Crippen molar-refractivity contribution < 1.29 is 4.42 Å². The Bertz CT molecular complexity index is 2710. The van der Waals surface area contributed by atoms with E-state index in [9.17, 15) is 0 Å². The molecular weight excluding hydrogens is 601 g/mol. The second-order valence-electron chi connectivity index (χ2n) is 12.7. The first-order chi connectivity index (χ1) is 24.2. The zero-order chi connectivity index (χ0) is 32.3. The third-order valence-corrected chi connectivity index (χ3v) is 9.75. The number of fused-ring (bicyclic) bond motifs is 6. The van der Waals surface area contributed by atoms with Crippen molar-refractivity contribution in [3.63, 3.8) is 0 Å². The second kappa shape index (κ2) is 11.1. The van der Waals surface area contributed by atoms with E-state index < -0.39 is 0 Å². The molecule has 0 fully saturated rings. The number of nitrogens with one attached hydrogen (secondary N) is 2. The van der Waals surface area contributed by atoms with Crippen LogP contribution in [0.3, 0.4) is 0 Å². The van der Waals surface area contributed by atoms with E-state index in [0.29, 0.717) is 12.4 Å². The lowest BCUT2D eigenvalue weighted by molar-refractivity contribution is 0.532. The first-order valence-electron chi connectivity index (χ1n) is 16.6. The fraction of sp³-hybridized carbons (Fsp3) is 0.0455. The molecule has 0 saturated heterocycles. The third kappa shape index (κ3) is 4.70. The van der Waals surface area contributed by atoms with Gasteiger partial charge < -0.3 is 15.1 Å². The molecule has 49 heavy (non-hydrogen) atoms. The van der Waals surface area contributed by atoms with Crippen molar-refractivity contribution in [1.29, 1.82) is 0 Å². The molecule has 2 N–H and O–H groups in total. The number of hydrogen-bond donors (Lipinski definition) is 2. The highest BCUT2D eigenvalue weighted by molar-refractivity contribution is 6.18. The number of amidine groups is 2. The topological polar surface area (TPSA) is 61.9 Å². The van der Waals surface area contributed by atoms with Gasteiger partial charge in [-0.1, -0.05) is 115 Å².